The van der Waals surface area contributed by atoms with E-state index in [1.165, 1.54) is 32.5 Å². The minimum absolute atomic E-state index is 0.805. The monoisotopic (exact) mass is 185 g/mol. The zero-order chi connectivity index (χ0) is 9.52. The number of rotatable bonds is 5. The molecular weight excluding hydrogens is 162 g/mol. The first-order chi connectivity index (χ1) is 6.34. The van der Waals surface area contributed by atoms with Gasteiger partial charge in [-0.05, 0) is 39.5 Å². The summed E-state index contributed by atoms with van der Waals surface area (Å²) in [4.78, 5) is 2.49. The molecule has 0 amide bonds. The van der Waals surface area contributed by atoms with Crippen LogP contribution in [0.1, 0.15) is 19.8 Å². The van der Waals surface area contributed by atoms with Crippen LogP contribution in [0.2, 0.25) is 0 Å². The summed E-state index contributed by atoms with van der Waals surface area (Å²) in [6.07, 6.45) is 2.62. The van der Waals surface area contributed by atoms with Gasteiger partial charge in [-0.3, -0.25) is 0 Å². The van der Waals surface area contributed by atoms with Crippen molar-refractivity contribution in [1.82, 2.24) is 15.5 Å². The van der Waals surface area contributed by atoms with Crippen molar-refractivity contribution in [2.75, 3.05) is 39.8 Å². The predicted octanol–water partition coefficient (Wildman–Crippen LogP) is 0.280. The summed E-state index contributed by atoms with van der Waals surface area (Å²) in [7, 11) is 2.24. The summed E-state index contributed by atoms with van der Waals surface area (Å²) < 4.78 is 0. The largest absolute Gasteiger partial charge is 0.317 e. The summed E-state index contributed by atoms with van der Waals surface area (Å²) >= 11 is 0. The van der Waals surface area contributed by atoms with Crippen molar-refractivity contribution >= 4 is 0 Å². The van der Waals surface area contributed by atoms with Crippen LogP contribution in [0.5, 0.6) is 0 Å². The number of piperidine rings is 1. The van der Waals surface area contributed by atoms with Crippen molar-refractivity contribution < 1.29 is 0 Å². The highest BCUT2D eigenvalue weighted by Gasteiger charge is 2.16. The molecule has 0 aromatic heterocycles. The van der Waals surface area contributed by atoms with Gasteiger partial charge in [0.25, 0.3) is 0 Å². The Labute approximate surface area is 81.9 Å². The highest BCUT2D eigenvalue weighted by Crippen LogP contribution is 2.08. The van der Waals surface area contributed by atoms with E-state index in [0.29, 0.717) is 0 Å². The van der Waals surface area contributed by atoms with Gasteiger partial charge < -0.3 is 15.5 Å². The second-order valence-corrected chi connectivity index (χ2v) is 3.82. The van der Waals surface area contributed by atoms with Crippen molar-refractivity contribution in [2.24, 2.45) is 0 Å². The third-order valence-corrected chi connectivity index (χ3v) is 2.82. The first-order valence-electron chi connectivity index (χ1n) is 5.46. The Morgan fingerprint density at radius 2 is 2.08 bits per heavy atom. The minimum atomic E-state index is 0.805. The molecule has 0 aliphatic carbocycles. The lowest BCUT2D eigenvalue weighted by atomic mass is 10.1. The second-order valence-electron chi connectivity index (χ2n) is 3.82. The molecule has 0 radical (unpaired) electrons. The third-order valence-electron chi connectivity index (χ3n) is 2.82. The Balaban J connectivity index is 2.09. The van der Waals surface area contributed by atoms with Gasteiger partial charge in [-0.2, -0.15) is 0 Å². The van der Waals surface area contributed by atoms with E-state index in [-0.39, 0.29) is 0 Å². The molecule has 3 heteroatoms. The molecule has 2 N–H and O–H groups in total. The van der Waals surface area contributed by atoms with Gasteiger partial charge >= 0.3 is 0 Å². The van der Waals surface area contributed by atoms with E-state index in [1.807, 2.05) is 0 Å². The van der Waals surface area contributed by atoms with Crippen molar-refractivity contribution in [3.63, 3.8) is 0 Å². The maximum atomic E-state index is 3.39. The lowest BCUT2D eigenvalue weighted by Gasteiger charge is -2.31. The van der Waals surface area contributed by atoms with E-state index in [0.717, 1.165) is 19.1 Å². The average Bonchev–Trinajstić information content (AvgIpc) is 2.19. The van der Waals surface area contributed by atoms with Gasteiger partial charge in [-0.1, -0.05) is 6.92 Å². The van der Waals surface area contributed by atoms with Crippen LogP contribution in [0.25, 0.3) is 0 Å². The number of hydrogen-bond donors (Lipinski definition) is 2. The van der Waals surface area contributed by atoms with Crippen LogP contribution < -0.4 is 10.6 Å². The number of nitrogens with zero attached hydrogens (tertiary/aromatic N) is 1. The highest BCUT2D eigenvalue weighted by molar-refractivity contribution is 4.75. The van der Waals surface area contributed by atoms with Gasteiger partial charge in [0.15, 0.2) is 0 Å². The van der Waals surface area contributed by atoms with E-state index in [1.54, 1.807) is 0 Å². The normalized spacial score (nSPS) is 19.6. The van der Waals surface area contributed by atoms with Gasteiger partial charge in [-0.25, -0.2) is 0 Å². The van der Waals surface area contributed by atoms with Crippen molar-refractivity contribution in [3.05, 3.63) is 0 Å². The quantitative estimate of drug-likeness (QED) is 0.603. The maximum Gasteiger partial charge on any atom is 0.0117 e. The number of hydrogen-bond acceptors (Lipinski definition) is 3. The fraction of sp³-hybridized carbons (Fsp3) is 1.00. The third kappa shape index (κ3) is 4.07. The second kappa shape index (κ2) is 6.35. The van der Waals surface area contributed by atoms with Crippen LogP contribution in [0.4, 0.5) is 0 Å². The van der Waals surface area contributed by atoms with Gasteiger partial charge in [0.1, 0.15) is 0 Å². The number of nitrogens with one attached hydrogen (secondary N) is 2. The van der Waals surface area contributed by atoms with Crippen LogP contribution >= 0.6 is 0 Å². The average molecular weight is 185 g/mol. The highest BCUT2D eigenvalue weighted by atomic mass is 15.2. The molecule has 0 aromatic carbocycles. The molecule has 13 heavy (non-hydrogen) atoms. The first-order valence-corrected chi connectivity index (χ1v) is 5.46. The fourth-order valence-electron chi connectivity index (χ4n) is 1.86. The van der Waals surface area contributed by atoms with E-state index in [4.69, 9.17) is 0 Å². The summed E-state index contributed by atoms with van der Waals surface area (Å²) in [5.74, 6) is 0. The number of likely N-dealkylation sites (N-methyl/N-ethyl adjacent to an activating group) is 2. The van der Waals surface area contributed by atoms with Crippen molar-refractivity contribution in [3.8, 4) is 0 Å². The zero-order valence-electron chi connectivity index (χ0n) is 8.97. The summed E-state index contributed by atoms with van der Waals surface area (Å²) in [5, 5.41) is 6.76. The topological polar surface area (TPSA) is 27.3 Å². The van der Waals surface area contributed by atoms with Gasteiger partial charge in [0.05, 0.1) is 0 Å². The summed E-state index contributed by atoms with van der Waals surface area (Å²) in [6, 6.07) is 0.805. The molecule has 0 spiro atoms. The molecule has 0 atom stereocenters. The summed E-state index contributed by atoms with van der Waals surface area (Å²) in [5.41, 5.74) is 0. The molecule has 0 bridgehead atoms. The molecule has 1 aliphatic rings. The Bertz CT molecular complexity index is 121. The Kier molecular flexibility index (Phi) is 5.35. The fourth-order valence-corrected chi connectivity index (χ4v) is 1.86. The van der Waals surface area contributed by atoms with Crippen LogP contribution in [0, 0.1) is 0 Å². The van der Waals surface area contributed by atoms with Crippen LogP contribution in [-0.4, -0.2) is 50.7 Å². The first kappa shape index (κ1) is 11.0. The summed E-state index contributed by atoms with van der Waals surface area (Å²) in [6.45, 7) is 7.92. The van der Waals surface area contributed by atoms with Crippen LogP contribution in [0.3, 0.4) is 0 Å². The van der Waals surface area contributed by atoms with Gasteiger partial charge in [0, 0.05) is 19.1 Å². The maximum absolute atomic E-state index is 3.39. The molecule has 1 aliphatic heterocycles. The Morgan fingerprint density at radius 1 is 1.38 bits per heavy atom. The molecule has 1 rings (SSSR count). The Morgan fingerprint density at radius 3 is 2.69 bits per heavy atom. The lowest BCUT2D eigenvalue weighted by Crippen LogP contribution is -2.43. The van der Waals surface area contributed by atoms with Gasteiger partial charge in [0.2, 0.25) is 0 Å². The Hall–Kier alpha value is -0.120. The van der Waals surface area contributed by atoms with E-state index in [2.05, 4.69) is 29.5 Å². The molecule has 1 fully saturated rings. The van der Waals surface area contributed by atoms with E-state index < -0.39 is 0 Å². The molecule has 1 heterocycles. The van der Waals surface area contributed by atoms with Gasteiger partial charge in [-0.15, -0.1) is 0 Å². The van der Waals surface area contributed by atoms with E-state index in [9.17, 15) is 0 Å². The molecule has 0 saturated carbocycles. The SMILES string of the molecule is CCNCCN(C)C1CCNCC1. The molecular formula is C10H23N3. The van der Waals surface area contributed by atoms with Crippen molar-refractivity contribution in [2.45, 2.75) is 25.8 Å². The predicted molar refractivity (Wildman–Crippen MR) is 57.1 cm³/mol. The smallest absolute Gasteiger partial charge is 0.0117 e. The van der Waals surface area contributed by atoms with Crippen LogP contribution in [-0.2, 0) is 0 Å². The van der Waals surface area contributed by atoms with Crippen molar-refractivity contribution in [1.29, 1.82) is 0 Å². The van der Waals surface area contributed by atoms with E-state index >= 15 is 0 Å². The molecule has 0 unspecified atom stereocenters. The van der Waals surface area contributed by atoms with Crippen LogP contribution in [0.15, 0.2) is 0 Å². The molecule has 78 valence electrons. The molecule has 0 aromatic rings. The minimum Gasteiger partial charge on any atom is -0.317 e. The lowest BCUT2D eigenvalue weighted by molar-refractivity contribution is 0.200. The molecule has 1 saturated heterocycles. The zero-order valence-corrected chi connectivity index (χ0v) is 8.97. The molecule has 3 nitrogen and oxygen atoms in total. The standard InChI is InChI=1S/C10H23N3/c1-3-11-8-9-13(2)10-4-6-12-7-5-10/h10-12H,3-9H2,1-2H3.